The zero-order chi connectivity index (χ0) is 11.9. The maximum atomic E-state index is 12.2. The fraction of sp³-hybridized carbons (Fsp3) is 0.200. The summed E-state index contributed by atoms with van der Waals surface area (Å²) in [4.78, 5) is 17.8. The highest BCUT2D eigenvalue weighted by atomic mass is 19.4. The molecule has 0 aliphatic rings. The fourth-order valence-electron chi connectivity index (χ4n) is 1.44. The molecule has 0 aliphatic carbocycles. The molecule has 0 bridgehead atoms. The lowest BCUT2D eigenvalue weighted by Gasteiger charge is -2.04. The molecule has 3 nitrogen and oxygen atoms in total. The summed E-state index contributed by atoms with van der Waals surface area (Å²) in [6.07, 6.45) is -4.84. The molecule has 0 amide bonds. The first-order valence-corrected chi connectivity index (χ1v) is 4.46. The first-order chi connectivity index (χ1) is 7.38. The van der Waals surface area contributed by atoms with E-state index < -0.39 is 12.0 Å². The van der Waals surface area contributed by atoms with Crippen molar-refractivity contribution in [2.45, 2.75) is 13.1 Å². The van der Waals surface area contributed by atoms with E-state index in [-0.39, 0.29) is 5.56 Å². The summed E-state index contributed by atoms with van der Waals surface area (Å²) < 4.78 is 36.5. The quantitative estimate of drug-likeness (QED) is 0.762. The first-order valence-electron chi connectivity index (χ1n) is 4.46. The fourth-order valence-corrected chi connectivity index (χ4v) is 1.44. The number of halogens is 3. The Labute approximate surface area is 88.3 Å². The predicted molar refractivity (Wildman–Crippen MR) is 51.2 cm³/mol. The van der Waals surface area contributed by atoms with E-state index in [4.69, 9.17) is 0 Å². The van der Waals surface area contributed by atoms with E-state index in [9.17, 15) is 18.0 Å². The largest absolute Gasteiger partial charge is 0.454 e. The average molecular weight is 228 g/mol. The van der Waals surface area contributed by atoms with Gasteiger partial charge in [0.1, 0.15) is 5.82 Å². The van der Waals surface area contributed by atoms with Crippen molar-refractivity contribution in [1.82, 2.24) is 9.97 Å². The number of carbonyl (C=O) groups is 1. The molecule has 2 rings (SSSR count). The molecular weight excluding hydrogens is 221 g/mol. The monoisotopic (exact) mass is 228 g/mol. The number of benzene rings is 1. The summed E-state index contributed by atoms with van der Waals surface area (Å²) in [5.41, 5.74) is 0.576. The summed E-state index contributed by atoms with van der Waals surface area (Å²) in [5, 5.41) is 0. The summed E-state index contributed by atoms with van der Waals surface area (Å²) in [6, 6.07) is 3.67. The topological polar surface area (TPSA) is 45.8 Å². The minimum absolute atomic E-state index is 0.386. The molecule has 0 radical (unpaired) electrons. The third-order valence-corrected chi connectivity index (χ3v) is 2.12. The first kappa shape index (κ1) is 10.7. The summed E-state index contributed by atoms with van der Waals surface area (Å²) in [5.74, 6) is -1.26. The number of aryl methyl sites for hydroxylation is 1. The van der Waals surface area contributed by atoms with Crippen LogP contribution in [0.5, 0.6) is 0 Å². The molecule has 1 heterocycles. The van der Waals surface area contributed by atoms with Crippen molar-refractivity contribution >= 4 is 16.8 Å². The number of rotatable bonds is 1. The van der Waals surface area contributed by atoms with Gasteiger partial charge >= 0.3 is 6.18 Å². The van der Waals surface area contributed by atoms with E-state index in [0.29, 0.717) is 16.9 Å². The number of Topliss-reactive ketones (excluding diaryl/α,β-unsaturated/α-hetero) is 1. The van der Waals surface area contributed by atoms with E-state index in [1.54, 1.807) is 6.92 Å². The molecule has 0 unspecified atom stereocenters. The van der Waals surface area contributed by atoms with E-state index in [0.717, 1.165) is 12.1 Å². The molecule has 1 aromatic heterocycles. The molecule has 2 aromatic rings. The lowest BCUT2D eigenvalue weighted by molar-refractivity contribution is -0.0885. The number of H-pyrrole nitrogens is 1. The predicted octanol–water partition coefficient (Wildman–Crippen LogP) is 2.62. The Balaban J connectivity index is 2.51. The van der Waals surface area contributed by atoms with Crippen molar-refractivity contribution in [2.75, 3.05) is 0 Å². The Hall–Kier alpha value is -1.85. The van der Waals surface area contributed by atoms with Crippen LogP contribution < -0.4 is 0 Å². The number of aromatic nitrogens is 2. The molecule has 0 aliphatic heterocycles. The Morgan fingerprint density at radius 3 is 2.69 bits per heavy atom. The number of carbonyl (C=O) groups excluding carboxylic acids is 1. The summed E-state index contributed by atoms with van der Waals surface area (Å²) in [6.45, 7) is 1.69. The van der Waals surface area contributed by atoms with Crippen LogP contribution in [0, 0.1) is 6.92 Å². The van der Waals surface area contributed by atoms with Crippen LogP contribution in [0.1, 0.15) is 16.2 Å². The maximum absolute atomic E-state index is 12.2. The summed E-state index contributed by atoms with van der Waals surface area (Å²) >= 11 is 0. The van der Waals surface area contributed by atoms with E-state index in [1.807, 2.05) is 0 Å². The molecule has 0 spiro atoms. The van der Waals surface area contributed by atoms with Gasteiger partial charge in [0.25, 0.3) is 5.78 Å². The third kappa shape index (κ3) is 1.78. The van der Waals surface area contributed by atoms with Crippen LogP contribution in [-0.2, 0) is 0 Å². The zero-order valence-corrected chi connectivity index (χ0v) is 8.22. The van der Waals surface area contributed by atoms with Crippen molar-refractivity contribution in [3.05, 3.63) is 29.6 Å². The number of nitrogens with one attached hydrogen (secondary N) is 1. The molecule has 1 N–H and O–H groups in total. The van der Waals surface area contributed by atoms with Gasteiger partial charge in [-0.2, -0.15) is 13.2 Å². The molecule has 0 saturated heterocycles. The minimum Gasteiger partial charge on any atom is -0.342 e. The van der Waals surface area contributed by atoms with Crippen LogP contribution >= 0.6 is 0 Å². The lowest BCUT2D eigenvalue weighted by atomic mass is 10.1. The Bertz CT molecular complexity index is 557. The van der Waals surface area contributed by atoms with Gasteiger partial charge in [0.2, 0.25) is 0 Å². The summed E-state index contributed by atoms with van der Waals surface area (Å²) in [7, 11) is 0. The van der Waals surface area contributed by atoms with Crippen molar-refractivity contribution in [3.63, 3.8) is 0 Å². The lowest BCUT2D eigenvalue weighted by Crippen LogP contribution is -2.22. The number of fused-ring (bicyclic) bond motifs is 1. The maximum Gasteiger partial charge on any atom is 0.454 e. The van der Waals surface area contributed by atoms with Gasteiger partial charge in [0.15, 0.2) is 0 Å². The Morgan fingerprint density at radius 1 is 1.38 bits per heavy atom. The third-order valence-electron chi connectivity index (χ3n) is 2.12. The van der Waals surface area contributed by atoms with Crippen molar-refractivity contribution < 1.29 is 18.0 Å². The normalized spacial score (nSPS) is 12.0. The SMILES string of the molecule is Cc1nc2ccc(C(=O)C(F)(F)F)cc2[nH]1. The van der Waals surface area contributed by atoms with Crippen LogP contribution in [0.2, 0.25) is 0 Å². The highest BCUT2D eigenvalue weighted by molar-refractivity contribution is 6.02. The van der Waals surface area contributed by atoms with Crippen LogP contribution in [0.3, 0.4) is 0 Å². The number of aromatic amines is 1. The van der Waals surface area contributed by atoms with Gasteiger partial charge in [0, 0.05) is 5.56 Å². The van der Waals surface area contributed by atoms with Gasteiger partial charge in [-0.3, -0.25) is 4.79 Å². The molecule has 84 valence electrons. The second kappa shape index (κ2) is 3.33. The molecule has 0 fully saturated rings. The number of hydrogen-bond acceptors (Lipinski definition) is 2. The number of hydrogen-bond donors (Lipinski definition) is 1. The molecule has 0 saturated carbocycles. The minimum atomic E-state index is -4.84. The van der Waals surface area contributed by atoms with Crippen LogP contribution in [-0.4, -0.2) is 21.9 Å². The number of alkyl halides is 3. The molecule has 0 atom stereocenters. The van der Waals surface area contributed by atoms with E-state index in [2.05, 4.69) is 9.97 Å². The van der Waals surface area contributed by atoms with Gasteiger partial charge < -0.3 is 4.98 Å². The van der Waals surface area contributed by atoms with Crippen LogP contribution in [0.15, 0.2) is 18.2 Å². The van der Waals surface area contributed by atoms with Crippen molar-refractivity contribution in [1.29, 1.82) is 0 Å². The van der Waals surface area contributed by atoms with Gasteiger partial charge in [-0.25, -0.2) is 4.98 Å². The standard InChI is InChI=1S/C10H7F3N2O/c1-5-14-7-3-2-6(4-8(7)15-5)9(16)10(11,12)13/h2-4H,1H3,(H,14,15). The van der Waals surface area contributed by atoms with Crippen LogP contribution in [0.25, 0.3) is 11.0 Å². The van der Waals surface area contributed by atoms with Gasteiger partial charge in [-0.1, -0.05) is 0 Å². The highest BCUT2D eigenvalue weighted by Gasteiger charge is 2.39. The second-order valence-electron chi connectivity index (χ2n) is 3.38. The number of imidazole rings is 1. The number of nitrogens with zero attached hydrogens (tertiary/aromatic N) is 1. The highest BCUT2D eigenvalue weighted by Crippen LogP contribution is 2.23. The average Bonchev–Trinajstić information content (AvgIpc) is 2.54. The molecule has 6 heteroatoms. The van der Waals surface area contributed by atoms with Crippen molar-refractivity contribution in [2.24, 2.45) is 0 Å². The van der Waals surface area contributed by atoms with E-state index in [1.165, 1.54) is 6.07 Å². The molecule has 1 aromatic carbocycles. The van der Waals surface area contributed by atoms with Gasteiger partial charge in [-0.15, -0.1) is 0 Å². The molecular formula is C10H7F3N2O. The Kier molecular flexibility index (Phi) is 2.22. The number of ketones is 1. The smallest absolute Gasteiger partial charge is 0.342 e. The van der Waals surface area contributed by atoms with E-state index >= 15 is 0 Å². The van der Waals surface area contributed by atoms with Crippen LogP contribution in [0.4, 0.5) is 13.2 Å². The van der Waals surface area contributed by atoms with Gasteiger partial charge in [-0.05, 0) is 25.1 Å². The second-order valence-corrected chi connectivity index (χ2v) is 3.38. The van der Waals surface area contributed by atoms with Crippen molar-refractivity contribution in [3.8, 4) is 0 Å². The van der Waals surface area contributed by atoms with Gasteiger partial charge in [0.05, 0.1) is 11.0 Å². The molecule has 16 heavy (non-hydrogen) atoms. The zero-order valence-electron chi connectivity index (χ0n) is 8.22. The Morgan fingerprint density at radius 2 is 2.06 bits per heavy atom.